The second-order valence-electron chi connectivity index (χ2n) is 6.01. The number of aryl methyl sites for hydroxylation is 1. The Morgan fingerprint density at radius 1 is 1.11 bits per heavy atom. The van der Waals surface area contributed by atoms with Gasteiger partial charge in [0.05, 0.1) is 6.42 Å². The van der Waals surface area contributed by atoms with Gasteiger partial charge in [0, 0.05) is 11.1 Å². The van der Waals surface area contributed by atoms with Crippen LogP contribution in [0.3, 0.4) is 0 Å². The average molecular weight is 361 g/mol. The summed E-state index contributed by atoms with van der Waals surface area (Å²) in [7, 11) is 0. The minimum absolute atomic E-state index is 0.0582. The highest BCUT2D eigenvalue weighted by Crippen LogP contribution is 2.20. The molecule has 0 radical (unpaired) electrons. The van der Waals surface area contributed by atoms with E-state index in [1.807, 2.05) is 18.2 Å². The van der Waals surface area contributed by atoms with Gasteiger partial charge in [-0.05, 0) is 30.7 Å². The number of rotatable bonds is 4. The number of para-hydroxylation sites is 2. The first kappa shape index (κ1) is 16.7. The van der Waals surface area contributed by atoms with Gasteiger partial charge >= 0.3 is 5.63 Å². The number of anilines is 1. The number of carbonyl (C=O) groups excluding carboxylic acids is 1. The van der Waals surface area contributed by atoms with Crippen molar-refractivity contribution in [2.75, 3.05) is 5.32 Å². The Labute approximate surface area is 153 Å². The van der Waals surface area contributed by atoms with Crippen molar-refractivity contribution in [1.82, 2.24) is 10.1 Å². The molecule has 0 atom stereocenters. The zero-order valence-electron chi connectivity index (χ0n) is 14.4. The number of nitrogens with one attached hydrogen (secondary N) is 1. The van der Waals surface area contributed by atoms with Crippen LogP contribution < -0.4 is 10.9 Å². The quantitative estimate of drug-likeness (QED) is 0.560. The molecule has 2 aromatic carbocycles. The predicted octanol–water partition coefficient (Wildman–Crippen LogP) is 3.33. The summed E-state index contributed by atoms with van der Waals surface area (Å²) in [6, 6.07) is 15.8. The summed E-state index contributed by atoms with van der Waals surface area (Å²) in [6.45, 7) is 1.74. The van der Waals surface area contributed by atoms with Crippen LogP contribution in [0.15, 0.2) is 68.3 Å². The molecule has 0 saturated carbocycles. The highest BCUT2D eigenvalue weighted by atomic mass is 16.5. The summed E-state index contributed by atoms with van der Waals surface area (Å²) in [6.07, 6.45) is 0.365. The lowest BCUT2D eigenvalue weighted by Crippen LogP contribution is -2.21. The fraction of sp³-hybridized carbons (Fsp3) is 0.100. The van der Waals surface area contributed by atoms with Crippen molar-refractivity contribution in [1.29, 1.82) is 0 Å². The summed E-state index contributed by atoms with van der Waals surface area (Å²) in [5.41, 5.74) is 1.05. The van der Waals surface area contributed by atoms with Crippen LogP contribution in [0.25, 0.3) is 11.0 Å². The van der Waals surface area contributed by atoms with Crippen LogP contribution in [0.2, 0.25) is 0 Å². The number of benzene rings is 2. The van der Waals surface area contributed by atoms with E-state index in [1.165, 1.54) is 6.07 Å². The van der Waals surface area contributed by atoms with E-state index >= 15 is 0 Å². The predicted molar refractivity (Wildman–Crippen MR) is 98.7 cm³/mol. The minimum atomic E-state index is -0.684. The molecule has 2 heterocycles. The van der Waals surface area contributed by atoms with Gasteiger partial charge in [0.2, 0.25) is 5.89 Å². The number of amides is 1. The van der Waals surface area contributed by atoms with Gasteiger partial charge in [0.25, 0.3) is 5.91 Å². The molecule has 4 rings (SSSR count). The maximum absolute atomic E-state index is 12.7. The molecule has 27 heavy (non-hydrogen) atoms. The lowest BCUT2D eigenvalue weighted by atomic mass is 10.1. The Bertz CT molecular complexity index is 1190. The maximum Gasteiger partial charge on any atom is 0.349 e. The summed E-state index contributed by atoms with van der Waals surface area (Å²) in [5, 5.41) is 7.21. The van der Waals surface area contributed by atoms with Gasteiger partial charge in [-0.25, -0.2) is 4.79 Å². The average Bonchev–Trinajstić information content (AvgIpc) is 3.07. The molecule has 0 aliphatic rings. The molecule has 4 aromatic rings. The molecule has 7 heteroatoms. The first-order chi connectivity index (χ1) is 13.1. The molecule has 134 valence electrons. The largest absolute Gasteiger partial charge is 0.422 e. The van der Waals surface area contributed by atoms with Gasteiger partial charge in [-0.3, -0.25) is 4.79 Å². The van der Waals surface area contributed by atoms with Crippen molar-refractivity contribution in [2.45, 2.75) is 13.3 Å². The van der Waals surface area contributed by atoms with Crippen LogP contribution in [0.5, 0.6) is 0 Å². The molecule has 0 fully saturated rings. The first-order valence-electron chi connectivity index (χ1n) is 8.31. The van der Waals surface area contributed by atoms with E-state index in [0.29, 0.717) is 34.8 Å². The molecule has 0 spiro atoms. The zero-order chi connectivity index (χ0) is 18.8. The van der Waals surface area contributed by atoms with Crippen molar-refractivity contribution in [2.24, 2.45) is 0 Å². The van der Waals surface area contributed by atoms with Gasteiger partial charge < -0.3 is 14.3 Å². The van der Waals surface area contributed by atoms with Gasteiger partial charge in [-0.1, -0.05) is 41.6 Å². The van der Waals surface area contributed by atoms with E-state index in [0.717, 1.165) is 5.56 Å². The standard InChI is InChI=1S/C20H15N3O4/c1-12-21-18(27-23-12)11-13-6-2-4-8-16(13)22-19(24)15-10-14-7-3-5-9-17(14)26-20(15)25/h2-10H,11H2,1H3,(H,22,24). The van der Waals surface area contributed by atoms with Crippen LogP contribution in [-0.2, 0) is 6.42 Å². The fourth-order valence-electron chi connectivity index (χ4n) is 2.78. The van der Waals surface area contributed by atoms with E-state index in [9.17, 15) is 9.59 Å². The lowest BCUT2D eigenvalue weighted by Gasteiger charge is -2.09. The molecule has 2 aromatic heterocycles. The Balaban J connectivity index is 1.64. The normalized spacial score (nSPS) is 10.9. The molecular formula is C20H15N3O4. The summed E-state index contributed by atoms with van der Waals surface area (Å²) >= 11 is 0. The van der Waals surface area contributed by atoms with E-state index in [-0.39, 0.29) is 5.56 Å². The Kier molecular flexibility index (Phi) is 4.25. The number of nitrogens with zero attached hydrogens (tertiary/aromatic N) is 2. The van der Waals surface area contributed by atoms with Crippen LogP contribution in [-0.4, -0.2) is 16.0 Å². The lowest BCUT2D eigenvalue weighted by molar-refractivity contribution is 0.102. The highest BCUT2D eigenvalue weighted by molar-refractivity contribution is 6.05. The zero-order valence-corrected chi connectivity index (χ0v) is 14.4. The summed E-state index contributed by atoms with van der Waals surface area (Å²) < 4.78 is 10.4. The number of aromatic nitrogens is 2. The third-order valence-corrected chi connectivity index (χ3v) is 4.06. The number of hydrogen-bond acceptors (Lipinski definition) is 6. The summed E-state index contributed by atoms with van der Waals surface area (Å²) in [4.78, 5) is 29.0. The first-order valence-corrected chi connectivity index (χ1v) is 8.31. The second-order valence-corrected chi connectivity index (χ2v) is 6.01. The van der Waals surface area contributed by atoms with Crippen molar-refractivity contribution >= 4 is 22.6 Å². The molecule has 0 aliphatic heterocycles. The van der Waals surface area contributed by atoms with Crippen molar-refractivity contribution in [3.05, 3.63) is 87.9 Å². The topological polar surface area (TPSA) is 98.2 Å². The van der Waals surface area contributed by atoms with Gasteiger partial charge in [0.15, 0.2) is 5.82 Å². The SMILES string of the molecule is Cc1noc(Cc2ccccc2NC(=O)c2cc3ccccc3oc2=O)n1. The Morgan fingerprint density at radius 2 is 1.89 bits per heavy atom. The molecule has 1 amide bonds. The molecule has 0 bridgehead atoms. The van der Waals surface area contributed by atoms with Gasteiger partial charge in [-0.15, -0.1) is 0 Å². The van der Waals surface area contributed by atoms with Crippen molar-refractivity contribution in [3.63, 3.8) is 0 Å². The van der Waals surface area contributed by atoms with Crippen LogP contribution in [0.1, 0.15) is 27.6 Å². The summed E-state index contributed by atoms with van der Waals surface area (Å²) in [5.74, 6) is 0.448. The van der Waals surface area contributed by atoms with Crippen LogP contribution in [0.4, 0.5) is 5.69 Å². The Hall–Kier alpha value is -3.74. The molecule has 0 aliphatic carbocycles. The smallest absolute Gasteiger partial charge is 0.349 e. The van der Waals surface area contributed by atoms with E-state index in [4.69, 9.17) is 8.94 Å². The maximum atomic E-state index is 12.7. The van der Waals surface area contributed by atoms with Gasteiger partial charge in [0.1, 0.15) is 11.1 Å². The molecule has 7 nitrogen and oxygen atoms in total. The third-order valence-electron chi connectivity index (χ3n) is 4.06. The molecule has 0 unspecified atom stereocenters. The molecule has 1 N–H and O–H groups in total. The van der Waals surface area contributed by atoms with Crippen LogP contribution in [0, 0.1) is 6.92 Å². The third kappa shape index (κ3) is 3.48. The monoisotopic (exact) mass is 361 g/mol. The Morgan fingerprint density at radius 3 is 2.70 bits per heavy atom. The van der Waals surface area contributed by atoms with E-state index in [1.54, 1.807) is 37.3 Å². The van der Waals surface area contributed by atoms with Crippen LogP contribution >= 0.6 is 0 Å². The fourth-order valence-corrected chi connectivity index (χ4v) is 2.78. The number of hydrogen-bond donors (Lipinski definition) is 1. The second kappa shape index (κ2) is 6.87. The van der Waals surface area contributed by atoms with Gasteiger partial charge in [-0.2, -0.15) is 4.98 Å². The van der Waals surface area contributed by atoms with Crippen molar-refractivity contribution in [3.8, 4) is 0 Å². The van der Waals surface area contributed by atoms with E-state index < -0.39 is 11.5 Å². The highest BCUT2D eigenvalue weighted by Gasteiger charge is 2.16. The number of carbonyl (C=O) groups is 1. The number of fused-ring (bicyclic) bond motifs is 1. The molecular weight excluding hydrogens is 346 g/mol. The minimum Gasteiger partial charge on any atom is -0.422 e. The molecule has 0 saturated heterocycles. The van der Waals surface area contributed by atoms with E-state index in [2.05, 4.69) is 15.5 Å². The van der Waals surface area contributed by atoms with Crippen molar-refractivity contribution < 1.29 is 13.7 Å².